The number of hydrogen-bond acceptors (Lipinski definition) is 1. The summed E-state index contributed by atoms with van der Waals surface area (Å²) in [5.74, 6) is -0.0998. The van der Waals surface area contributed by atoms with Crippen LogP contribution in [0.25, 0.3) is 0 Å². The van der Waals surface area contributed by atoms with Crippen LogP contribution in [0.2, 0.25) is 0 Å². The largest absolute Gasteiger partial charge is 2.00 e. The minimum atomic E-state index is -0.374. The first kappa shape index (κ1) is 16.4. The van der Waals surface area contributed by atoms with Crippen LogP contribution in [0.15, 0.2) is 30.9 Å². The average Bonchev–Trinajstić information content (AvgIpc) is 2.09. The summed E-state index contributed by atoms with van der Waals surface area (Å²) in [7, 11) is 0. The number of halogens is 2. The third kappa shape index (κ3) is 5.62. The fraction of sp³-hybridized carbons (Fsp3) is 0.200. The van der Waals surface area contributed by atoms with E-state index in [9.17, 15) is 4.39 Å². The Hall–Kier alpha value is -0.0638. The van der Waals surface area contributed by atoms with Crippen LogP contribution in [-0.2, 0) is 0 Å². The molecular formula is C10H10BrFMgO. The molecule has 0 aromatic heterocycles. The smallest absolute Gasteiger partial charge is 1.00 e. The minimum absolute atomic E-state index is 0. The van der Waals surface area contributed by atoms with E-state index in [4.69, 9.17) is 4.74 Å². The molecule has 0 spiro atoms. The molecule has 0 bridgehead atoms. The van der Waals surface area contributed by atoms with Crippen molar-refractivity contribution in [1.29, 1.82) is 0 Å². The van der Waals surface area contributed by atoms with Gasteiger partial charge in [0.2, 0.25) is 0 Å². The molecule has 0 radical (unpaired) electrons. The molecule has 0 saturated carbocycles. The maximum atomic E-state index is 12.8. The summed E-state index contributed by atoms with van der Waals surface area (Å²) in [5, 5.41) is 0. The summed E-state index contributed by atoms with van der Waals surface area (Å²) in [6, 6.07) is 7.04. The van der Waals surface area contributed by atoms with E-state index in [0.29, 0.717) is 6.61 Å². The molecule has 0 fully saturated rings. The van der Waals surface area contributed by atoms with Gasteiger partial charge in [0.1, 0.15) is 0 Å². The maximum Gasteiger partial charge on any atom is 2.00 e. The van der Waals surface area contributed by atoms with Crippen molar-refractivity contribution in [2.45, 2.75) is 6.42 Å². The van der Waals surface area contributed by atoms with Crippen molar-refractivity contribution in [2.24, 2.45) is 0 Å². The van der Waals surface area contributed by atoms with Gasteiger partial charge < -0.3 is 21.7 Å². The molecule has 0 aliphatic carbocycles. The van der Waals surface area contributed by atoms with Crippen molar-refractivity contribution in [2.75, 3.05) is 6.61 Å². The topological polar surface area (TPSA) is 9.23 Å². The Morgan fingerprint density at radius 3 is 2.86 bits per heavy atom. The molecule has 0 amide bonds. The number of ether oxygens (including phenoxy) is 1. The molecule has 0 N–H and O–H groups in total. The van der Waals surface area contributed by atoms with Gasteiger partial charge in [0.25, 0.3) is 0 Å². The van der Waals surface area contributed by atoms with Gasteiger partial charge in [-0.1, -0.05) is 6.08 Å². The Morgan fingerprint density at radius 2 is 2.29 bits per heavy atom. The van der Waals surface area contributed by atoms with E-state index >= 15 is 0 Å². The van der Waals surface area contributed by atoms with Crippen LogP contribution in [0.3, 0.4) is 0 Å². The van der Waals surface area contributed by atoms with Gasteiger partial charge >= 0.3 is 23.1 Å². The molecule has 4 heteroatoms. The Kier molecular flexibility index (Phi) is 11.1. The Balaban J connectivity index is 0. The molecule has 1 aromatic rings. The van der Waals surface area contributed by atoms with Gasteiger partial charge in [-0.3, -0.25) is 4.39 Å². The van der Waals surface area contributed by atoms with Gasteiger partial charge in [0.05, 0.1) is 6.61 Å². The second-order valence-electron chi connectivity index (χ2n) is 2.28. The molecule has 0 unspecified atom stereocenters. The van der Waals surface area contributed by atoms with Gasteiger partial charge in [0, 0.05) is 11.6 Å². The summed E-state index contributed by atoms with van der Waals surface area (Å²) < 4.78 is 17.9. The van der Waals surface area contributed by atoms with Crippen molar-refractivity contribution in [1.82, 2.24) is 0 Å². The Labute approximate surface area is 110 Å². The monoisotopic (exact) mass is 268 g/mol. The molecule has 1 aromatic carbocycles. The molecule has 14 heavy (non-hydrogen) atoms. The van der Waals surface area contributed by atoms with E-state index in [-0.39, 0.29) is 51.6 Å². The molecule has 0 aliphatic rings. The van der Waals surface area contributed by atoms with Crippen molar-refractivity contribution >= 4 is 23.1 Å². The van der Waals surface area contributed by atoms with Crippen LogP contribution >= 0.6 is 0 Å². The van der Waals surface area contributed by atoms with Crippen molar-refractivity contribution in [3.63, 3.8) is 0 Å². The molecule has 72 valence electrons. The van der Waals surface area contributed by atoms with Crippen LogP contribution in [0.5, 0.6) is 5.75 Å². The third-order valence-corrected chi connectivity index (χ3v) is 1.36. The Bertz CT molecular complexity index is 268. The molecule has 0 heterocycles. The quantitative estimate of drug-likeness (QED) is 0.301. The van der Waals surface area contributed by atoms with Crippen LogP contribution in [0.1, 0.15) is 6.42 Å². The first-order valence-corrected chi connectivity index (χ1v) is 3.74. The molecule has 0 saturated heterocycles. The van der Waals surface area contributed by atoms with Crippen molar-refractivity contribution in [3.05, 3.63) is 42.7 Å². The summed E-state index contributed by atoms with van der Waals surface area (Å²) in [6.45, 7) is 4.00. The fourth-order valence-electron chi connectivity index (χ4n) is 0.765. The van der Waals surface area contributed by atoms with Crippen molar-refractivity contribution < 1.29 is 26.1 Å². The summed E-state index contributed by atoms with van der Waals surface area (Å²) in [6.07, 6.45) is 2.45. The SMILES string of the molecule is C=CCCOc1cc[c-]cc1F.[Br-].[Mg+2]. The predicted molar refractivity (Wildman–Crippen MR) is 51.3 cm³/mol. The number of benzene rings is 1. The first-order chi connectivity index (χ1) is 5.84. The number of hydrogen-bond donors (Lipinski definition) is 0. The van der Waals surface area contributed by atoms with Crippen LogP contribution in [0.4, 0.5) is 4.39 Å². The van der Waals surface area contributed by atoms with Crippen molar-refractivity contribution in [3.8, 4) is 5.75 Å². The van der Waals surface area contributed by atoms with E-state index in [1.807, 2.05) is 0 Å². The van der Waals surface area contributed by atoms with E-state index in [1.165, 1.54) is 6.07 Å². The maximum absolute atomic E-state index is 12.8. The predicted octanol–water partition coefficient (Wildman–Crippen LogP) is -0.796. The third-order valence-electron chi connectivity index (χ3n) is 1.36. The fourth-order valence-corrected chi connectivity index (χ4v) is 0.765. The standard InChI is InChI=1S/C10H10FO.BrH.Mg/c1-2-3-8-12-10-7-5-4-6-9(10)11;;/h2,5-7H,1,3,8H2;1H;/q-1;;+2/p-1. The molecule has 0 atom stereocenters. The average molecular weight is 269 g/mol. The molecular weight excluding hydrogens is 259 g/mol. The van der Waals surface area contributed by atoms with Gasteiger partial charge in [-0.25, -0.2) is 0 Å². The molecule has 1 nitrogen and oxygen atoms in total. The second-order valence-corrected chi connectivity index (χ2v) is 2.28. The van der Waals surface area contributed by atoms with E-state index in [2.05, 4.69) is 12.6 Å². The molecule has 0 aliphatic heterocycles. The van der Waals surface area contributed by atoms with Crippen LogP contribution in [-0.4, -0.2) is 29.7 Å². The van der Waals surface area contributed by atoms with Gasteiger partial charge in [0.15, 0.2) is 0 Å². The van der Waals surface area contributed by atoms with E-state index in [1.54, 1.807) is 18.2 Å². The first-order valence-electron chi connectivity index (χ1n) is 3.74. The number of rotatable bonds is 4. The Morgan fingerprint density at radius 1 is 1.57 bits per heavy atom. The second kappa shape index (κ2) is 9.49. The van der Waals surface area contributed by atoms with Gasteiger partial charge in [-0.15, -0.1) is 18.7 Å². The zero-order chi connectivity index (χ0) is 8.81. The minimum Gasteiger partial charge on any atom is -1.00 e. The summed E-state index contributed by atoms with van der Waals surface area (Å²) in [5.41, 5.74) is 0. The summed E-state index contributed by atoms with van der Waals surface area (Å²) >= 11 is 0. The van der Waals surface area contributed by atoms with Gasteiger partial charge in [-0.2, -0.15) is 12.1 Å². The normalized spacial score (nSPS) is 8.07. The van der Waals surface area contributed by atoms with Crippen LogP contribution in [0, 0.1) is 11.9 Å². The van der Waals surface area contributed by atoms with Gasteiger partial charge in [-0.05, 0) is 6.42 Å². The zero-order valence-corrected chi connectivity index (χ0v) is 10.8. The van der Waals surface area contributed by atoms with Crippen LogP contribution < -0.4 is 21.7 Å². The summed E-state index contributed by atoms with van der Waals surface area (Å²) in [4.78, 5) is 0. The molecule has 1 rings (SSSR count). The van der Waals surface area contributed by atoms with E-state index in [0.717, 1.165) is 6.42 Å². The zero-order valence-electron chi connectivity index (χ0n) is 7.80. The van der Waals surface area contributed by atoms with E-state index < -0.39 is 0 Å².